The molecule has 150 valence electrons. The summed E-state index contributed by atoms with van der Waals surface area (Å²) < 4.78 is 28.9. The third-order valence-corrected chi connectivity index (χ3v) is 7.05. The topological polar surface area (TPSA) is 87.3 Å². The molecule has 27 heavy (non-hydrogen) atoms. The van der Waals surface area contributed by atoms with Crippen molar-refractivity contribution >= 4 is 27.7 Å². The summed E-state index contributed by atoms with van der Waals surface area (Å²) >= 11 is 6.20. The molecule has 8 heteroatoms. The van der Waals surface area contributed by atoms with Crippen LogP contribution in [0.5, 0.6) is 0 Å². The van der Waals surface area contributed by atoms with Crippen LogP contribution >= 0.6 is 11.6 Å². The summed E-state index contributed by atoms with van der Waals surface area (Å²) in [6, 6.07) is 5.32. The van der Waals surface area contributed by atoms with Crippen molar-refractivity contribution in [3.8, 4) is 0 Å². The molecule has 0 atom stereocenters. The van der Waals surface area contributed by atoms with Crippen LogP contribution in [0.4, 0.5) is 0 Å². The second-order valence-electron chi connectivity index (χ2n) is 8.04. The van der Waals surface area contributed by atoms with E-state index < -0.39 is 10.2 Å². The Bertz CT molecular complexity index is 802. The first-order chi connectivity index (χ1) is 12.7. The number of carbonyl (C=O) groups is 1. The van der Waals surface area contributed by atoms with Crippen LogP contribution in [0, 0.1) is 18.3 Å². The lowest BCUT2D eigenvalue weighted by atomic mass is 9.63. The molecule has 0 spiro atoms. The Balaban J connectivity index is 1.59. The van der Waals surface area contributed by atoms with Gasteiger partial charge in [0, 0.05) is 19.1 Å². The van der Waals surface area contributed by atoms with Gasteiger partial charge in [0.2, 0.25) is 0 Å². The van der Waals surface area contributed by atoms with Gasteiger partial charge in [-0.2, -0.15) is 13.1 Å². The Hall–Kier alpha value is -1.15. The van der Waals surface area contributed by atoms with E-state index in [2.05, 4.69) is 14.8 Å². The summed E-state index contributed by atoms with van der Waals surface area (Å²) in [7, 11) is -3.44. The summed E-state index contributed by atoms with van der Waals surface area (Å²) in [4.78, 5) is 12.5. The van der Waals surface area contributed by atoms with E-state index in [4.69, 9.17) is 11.6 Å². The van der Waals surface area contributed by atoms with Gasteiger partial charge >= 0.3 is 0 Å². The van der Waals surface area contributed by atoms with E-state index in [1.54, 1.807) is 19.1 Å². The van der Waals surface area contributed by atoms with E-state index >= 15 is 0 Å². The third-order valence-electron chi connectivity index (χ3n) is 5.43. The molecule has 0 saturated heterocycles. The van der Waals surface area contributed by atoms with E-state index in [0.29, 0.717) is 29.6 Å². The Labute approximate surface area is 166 Å². The molecule has 3 N–H and O–H groups in total. The fourth-order valence-corrected chi connectivity index (χ4v) is 5.39. The molecule has 0 aliphatic heterocycles. The van der Waals surface area contributed by atoms with Crippen LogP contribution in [0.25, 0.3) is 0 Å². The monoisotopic (exact) mass is 413 g/mol. The zero-order valence-corrected chi connectivity index (χ0v) is 17.4. The minimum atomic E-state index is -3.44. The maximum Gasteiger partial charge on any atom is 0.277 e. The van der Waals surface area contributed by atoms with E-state index in [1.165, 1.54) is 12.8 Å². The van der Waals surface area contributed by atoms with Crippen LogP contribution in [0.3, 0.4) is 0 Å². The summed E-state index contributed by atoms with van der Waals surface area (Å²) in [6.45, 7) is 4.60. The van der Waals surface area contributed by atoms with Crippen LogP contribution in [0.15, 0.2) is 18.2 Å². The molecule has 2 aliphatic carbocycles. The van der Waals surface area contributed by atoms with Gasteiger partial charge in [0.1, 0.15) is 0 Å². The summed E-state index contributed by atoms with van der Waals surface area (Å²) in [6.07, 6.45) is 4.99. The van der Waals surface area contributed by atoms with Crippen molar-refractivity contribution in [2.24, 2.45) is 11.3 Å². The van der Waals surface area contributed by atoms with Crippen LogP contribution in [-0.2, 0) is 10.2 Å². The molecule has 1 aromatic rings. The highest BCUT2D eigenvalue weighted by atomic mass is 35.5. The van der Waals surface area contributed by atoms with Crippen molar-refractivity contribution in [1.29, 1.82) is 0 Å². The Morgan fingerprint density at radius 2 is 2.00 bits per heavy atom. The Morgan fingerprint density at radius 3 is 2.59 bits per heavy atom. The molecule has 6 nitrogen and oxygen atoms in total. The van der Waals surface area contributed by atoms with Gasteiger partial charge in [-0.15, -0.1) is 0 Å². The minimum Gasteiger partial charge on any atom is -0.351 e. The quantitative estimate of drug-likeness (QED) is 0.581. The number of aryl methyl sites for hydroxylation is 1. The molecule has 0 aromatic heterocycles. The molecule has 3 rings (SSSR count). The summed E-state index contributed by atoms with van der Waals surface area (Å²) in [5, 5.41) is 3.48. The van der Waals surface area contributed by atoms with Crippen molar-refractivity contribution in [2.75, 3.05) is 13.1 Å². The van der Waals surface area contributed by atoms with Crippen molar-refractivity contribution in [2.45, 2.75) is 52.0 Å². The molecule has 1 amide bonds. The molecular weight excluding hydrogens is 386 g/mol. The van der Waals surface area contributed by atoms with Crippen molar-refractivity contribution in [3.05, 3.63) is 34.3 Å². The van der Waals surface area contributed by atoms with Gasteiger partial charge in [0.05, 0.1) is 10.6 Å². The first-order valence-corrected chi connectivity index (χ1v) is 11.4. The van der Waals surface area contributed by atoms with E-state index in [0.717, 1.165) is 24.8 Å². The Kier molecular flexibility index (Phi) is 6.15. The Morgan fingerprint density at radius 1 is 1.30 bits per heavy atom. The maximum atomic E-state index is 12.5. The van der Waals surface area contributed by atoms with Gasteiger partial charge in [0.25, 0.3) is 16.1 Å². The number of rotatable bonds is 9. The molecule has 0 radical (unpaired) electrons. The number of halogens is 1. The first kappa shape index (κ1) is 20.6. The zero-order chi connectivity index (χ0) is 19.7. The largest absolute Gasteiger partial charge is 0.351 e. The van der Waals surface area contributed by atoms with Crippen molar-refractivity contribution < 1.29 is 13.2 Å². The van der Waals surface area contributed by atoms with E-state index in [-0.39, 0.29) is 17.4 Å². The zero-order valence-electron chi connectivity index (χ0n) is 15.8. The second kappa shape index (κ2) is 8.07. The molecule has 0 heterocycles. The minimum absolute atomic E-state index is 0.0343. The van der Waals surface area contributed by atoms with Gasteiger partial charge in [-0.3, -0.25) is 4.79 Å². The molecular formula is C19H28ClN3O3S. The number of hydrogen-bond acceptors (Lipinski definition) is 3. The standard InChI is InChI=1S/C19H28ClN3O3S/c1-3-22-27(25,26)23-15-10-19(11-15,9-14-5-6-14)12-21-18(24)16-7-4-13(2)8-17(16)20/h4,7-8,14-15,22-23H,3,5-6,9-12H2,1-2H3,(H,21,24)/t15-,19+. The fraction of sp³-hybridized carbons (Fsp3) is 0.632. The molecule has 1 aromatic carbocycles. The molecule has 0 bridgehead atoms. The van der Waals surface area contributed by atoms with Crippen LogP contribution < -0.4 is 14.8 Å². The molecule has 0 unspecified atom stereocenters. The predicted molar refractivity (Wildman–Crippen MR) is 107 cm³/mol. The number of amides is 1. The van der Waals surface area contributed by atoms with Gasteiger partial charge in [-0.25, -0.2) is 4.72 Å². The maximum absolute atomic E-state index is 12.5. The highest BCUT2D eigenvalue weighted by molar-refractivity contribution is 7.87. The van der Waals surface area contributed by atoms with Crippen LogP contribution in [-0.4, -0.2) is 33.5 Å². The molecule has 2 saturated carbocycles. The highest BCUT2D eigenvalue weighted by Crippen LogP contribution is 2.51. The molecule has 2 fully saturated rings. The van der Waals surface area contributed by atoms with Gasteiger partial charge < -0.3 is 5.32 Å². The van der Waals surface area contributed by atoms with Crippen LogP contribution in [0.1, 0.15) is 54.9 Å². The first-order valence-electron chi connectivity index (χ1n) is 9.53. The number of hydrogen-bond donors (Lipinski definition) is 3. The lowest BCUT2D eigenvalue weighted by Crippen LogP contribution is -2.56. The molecule has 2 aliphatic rings. The lowest BCUT2D eigenvalue weighted by Gasteiger charge is -2.48. The number of carbonyl (C=O) groups excluding carboxylic acids is 1. The van der Waals surface area contributed by atoms with Gasteiger partial charge in [0.15, 0.2) is 0 Å². The van der Waals surface area contributed by atoms with Gasteiger partial charge in [-0.05, 0) is 55.2 Å². The summed E-state index contributed by atoms with van der Waals surface area (Å²) in [5.74, 6) is 0.531. The normalized spacial score (nSPS) is 25.1. The second-order valence-corrected chi connectivity index (χ2v) is 9.98. The SMILES string of the molecule is CCNS(=O)(=O)N[C@H]1C[C@](CNC(=O)c2ccc(C)cc2Cl)(CC2CC2)C1. The third kappa shape index (κ3) is 5.44. The van der Waals surface area contributed by atoms with Crippen LogP contribution in [0.2, 0.25) is 5.02 Å². The number of benzene rings is 1. The van der Waals surface area contributed by atoms with Crippen molar-refractivity contribution in [1.82, 2.24) is 14.8 Å². The average molecular weight is 414 g/mol. The van der Waals surface area contributed by atoms with Gasteiger partial charge in [-0.1, -0.05) is 37.4 Å². The average Bonchev–Trinajstić information content (AvgIpc) is 3.34. The highest BCUT2D eigenvalue weighted by Gasteiger charge is 2.48. The predicted octanol–water partition coefficient (Wildman–Crippen LogP) is 2.77. The van der Waals surface area contributed by atoms with E-state index in [9.17, 15) is 13.2 Å². The van der Waals surface area contributed by atoms with E-state index in [1.807, 2.05) is 13.0 Å². The van der Waals surface area contributed by atoms with Crippen molar-refractivity contribution in [3.63, 3.8) is 0 Å². The smallest absolute Gasteiger partial charge is 0.277 e. The summed E-state index contributed by atoms with van der Waals surface area (Å²) in [5.41, 5.74) is 1.46. The number of nitrogens with one attached hydrogen (secondary N) is 3. The lowest BCUT2D eigenvalue weighted by molar-refractivity contribution is 0.0660. The fourth-order valence-electron chi connectivity index (χ4n) is 4.00.